The number of thiophene rings is 1. The van der Waals surface area contributed by atoms with Gasteiger partial charge in [0.1, 0.15) is 0 Å². The van der Waals surface area contributed by atoms with E-state index in [-0.39, 0.29) is 18.2 Å². The second kappa shape index (κ2) is 5.74. The summed E-state index contributed by atoms with van der Waals surface area (Å²) in [4.78, 5) is 25.6. The zero-order chi connectivity index (χ0) is 14.0. The number of hydrogen-bond donors (Lipinski definition) is 1. The Bertz CT molecular complexity index is 483. The molecule has 1 N–H and O–H groups in total. The van der Waals surface area contributed by atoms with Crippen molar-refractivity contribution in [1.29, 1.82) is 0 Å². The predicted molar refractivity (Wildman–Crippen MR) is 74.4 cm³/mol. The van der Waals surface area contributed by atoms with Gasteiger partial charge < -0.3 is 10.0 Å². The third-order valence-electron chi connectivity index (χ3n) is 3.61. The van der Waals surface area contributed by atoms with Crippen LogP contribution in [-0.2, 0) is 9.59 Å². The second-order valence-corrected chi connectivity index (χ2v) is 6.12. The number of rotatable bonds is 6. The molecule has 1 aliphatic carbocycles. The number of aliphatic carboxylic acids is 1. The van der Waals surface area contributed by atoms with E-state index in [1.165, 1.54) is 10.4 Å². The van der Waals surface area contributed by atoms with Gasteiger partial charge in [0.15, 0.2) is 0 Å². The number of carbonyl (C=O) groups is 2. The number of amides is 1. The van der Waals surface area contributed by atoms with Gasteiger partial charge in [-0.1, -0.05) is 0 Å². The molecule has 19 heavy (non-hydrogen) atoms. The van der Waals surface area contributed by atoms with E-state index >= 15 is 0 Å². The quantitative estimate of drug-likeness (QED) is 0.871. The zero-order valence-corrected chi connectivity index (χ0v) is 12.1. The maximum atomic E-state index is 12.2. The van der Waals surface area contributed by atoms with Gasteiger partial charge in [0.05, 0.1) is 0 Å². The molecule has 1 aromatic heterocycles. The van der Waals surface area contributed by atoms with E-state index in [4.69, 9.17) is 5.11 Å². The van der Waals surface area contributed by atoms with Gasteiger partial charge >= 0.3 is 5.97 Å². The van der Waals surface area contributed by atoms with Crippen molar-refractivity contribution in [2.24, 2.45) is 5.92 Å². The molecule has 0 aliphatic heterocycles. The van der Waals surface area contributed by atoms with Gasteiger partial charge in [0.25, 0.3) is 0 Å². The van der Waals surface area contributed by atoms with Gasteiger partial charge in [-0.2, -0.15) is 0 Å². The second-order valence-electron chi connectivity index (χ2n) is 5.17. The summed E-state index contributed by atoms with van der Waals surface area (Å²) in [5.41, 5.74) is 1.28. The molecule has 0 radical (unpaired) electrons. The first-order valence-electron chi connectivity index (χ1n) is 6.51. The standard InChI is InChI=1S/C14H19NO3S/c1-9-5-7-19-13(9)10-8-11(10)14(18)15(2)6-3-4-12(16)17/h5,7,10-11H,3-4,6,8H2,1-2H3,(H,16,17)/t10-,11+/m1/s1. The lowest BCUT2D eigenvalue weighted by Crippen LogP contribution is -2.29. The number of hydrogen-bond acceptors (Lipinski definition) is 3. The summed E-state index contributed by atoms with van der Waals surface area (Å²) in [6, 6.07) is 2.09. The highest BCUT2D eigenvalue weighted by atomic mass is 32.1. The van der Waals surface area contributed by atoms with Crippen molar-refractivity contribution in [3.05, 3.63) is 21.9 Å². The fourth-order valence-electron chi connectivity index (χ4n) is 2.38. The van der Waals surface area contributed by atoms with Gasteiger partial charge in [-0.15, -0.1) is 11.3 Å². The van der Waals surface area contributed by atoms with Crippen LogP contribution in [0.5, 0.6) is 0 Å². The Morgan fingerprint density at radius 3 is 2.84 bits per heavy atom. The van der Waals surface area contributed by atoms with E-state index in [2.05, 4.69) is 18.4 Å². The Balaban J connectivity index is 1.82. The first-order valence-corrected chi connectivity index (χ1v) is 7.39. The molecule has 1 fully saturated rings. The van der Waals surface area contributed by atoms with Crippen LogP contribution in [0.3, 0.4) is 0 Å². The Labute approximate surface area is 117 Å². The van der Waals surface area contributed by atoms with Crippen LogP contribution in [0.25, 0.3) is 0 Å². The highest BCUT2D eigenvalue weighted by molar-refractivity contribution is 7.10. The molecule has 1 aliphatic rings. The monoisotopic (exact) mass is 281 g/mol. The van der Waals surface area contributed by atoms with Crippen molar-refractivity contribution in [1.82, 2.24) is 4.90 Å². The molecule has 5 heteroatoms. The third-order valence-corrected chi connectivity index (χ3v) is 4.76. The van der Waals surface area contributed by atoms with Crippen LogP contribution in [0.4, 0.5) is 0 Å². The largest absolute Gasteiger partial charge is 0.481 e. The Kier molecular flexibility index (Phi) is 4.24. The molecule has 0 aromatic carbocycles. The minimum Gasteiger partial charge on any atom is -0.481 e. The first kappa shape index (κ1) is 14.1. The molecular weight excluding hydrogens is 262 g/mol. The Morgan fingerprint density at radius 1 is 1.53 bits per heavy atom. The lowest BCUT2D eigenvalue weighted by molar-refractivity contribution is -0.138. The van der Waals surface area contributed by atoms with Crippen LogP contribution in [0.15, 0.2) is 11.4 Å². The summed E-state index contributed by atoms with van der Waals surface area (Å²) >= 11 is 1.73. The van der Waals surface area contributed by atoms with E-state index in [1.807, 2.05) is 0 Å². The lowest BCUT2D eigenvalue weighted by Gasteiger charge is -2.16. The summed E-state index contributed by atoms with van der Waals surface area (Å²) in [7, 11) is 1.76. The van der Waals surface area contributed by atoms with Crippen molar-refractivity contribution >= 4 is 23.2 Å². The highest BCUT2D eigenvalue weighted by Crippen LogP contribution is 2.51. The van der Waals surface area contributed by atoms with Crippen LogP contribution < -0.4 is 0 Å². The maximum absolute atomic E-state index is 12.2. The van der Waals surface area contributed by atoms with E-state index < -0.39 is 5.97 Å². The third kappa shape index (κ3) is 3.35. The summed E-state index contributed by atoms with van der Waals surface area (Å²) in [6.07, 6.45) is 1.58. The SMILES string of the molecule is Cc1ccsc1[C@@H]1C[C@@H]1C(=O)N(C)CCCC(=O)O. The van der Waals surface area contributed by atoms with Crippen LogP contribution in [0, 0.1) is 12.8 Å². The fourth-order valence-corrected chi connectivity index (χ4v) is 3.49. The van der Waals surface area contributed by atoms with Gasteiger partial charge in [-0.05, 0) is 36.8 Å². The van der Waals surface area contributed by atoms with E-state index in [0.717, 1.165) is 6.42 Å². The molecule has 0 unspecified atom stereocenters. The zero-order valence-electron chi connectivity index (χ0n) is 11.3. The van der Waals surface area contributed by atoms with E-state index in [1.54, 1.807) is 23.3 Å². The number of carboxylic acids is 1. The summed E-state index contributed by atoms with van der Waals surface area (Å²) in [5, 5.41) is 10.7. The highest BCUT2D eigenvalue weighted by Gasteiger charge is 2.46. The number of aryl methyl sites for hydroxylation is 1. The van der Waals surface area contributed by atoms with Crippen molar-refractivity contribution in [2.75, 3.05) is 13.6 Å². The minimum atomic E-state index is -0.806. The van der Waals surface area contributed by atoms with Gasteiger partial charge in [-0.25, -0.2) is 0 Å². The van der Waals surface area contributed by atoms with Crippen LogP contribution in [-0.4, -0.2) is 35.5 Å². The molecular formula is C14H19NO3S. The molecule has 4 nitrogen and oxygen atoms in total. The number of carbonyl (C=O) groups excluding carboxylic acids is 1. The van der Waals surface area contributed by atoms with Crippen LogP contribution in [0.1, 0.15) is 35.6 Å². The molecule has 1 saturated carbocycles. The summed E-state index contributed by atoms with van der Waals surface area (Å²) in [5.74, 6) is -0.163. The molecule has 1 heterocycles. The Hall–Kier alpha value is -1.36. The van der Waals surface area contributed by atoms with Crippen molar-refractivity contribution < 1.29 is 14.7 Å². The van der Waals surface area contributed by atoms with Gasteiger partial charge in [0, 0.05) is 36.7 Å². The van der Waals surface area contributed by atoms with Gasteiger partial charge in [-0.3, -0.25) is 9.59 Å². The molecule has 1 aromatic rings. The molecule has 0 saturated heterocycles. The Morgan fingerprint density at radius 2 is 2.26 bits per heavy atom. The summed E-state index contributed by atoms with van der Waals surface area (Å²) in [6.45, 7) is 2.61. The van der Waals surface area contributed by atoms with Crippen molar-refractivity contribution in [2.45, 2.75) is 32.1 Å². The number of nitrogens with zero attached hydrogens (tertiary/aromatic N) is 1. The number of carboxylic acid groups (broad SMARTS) is 1. The normalized spacial score (nSPS) is 21.2. The van der Waals surface area contributed by atoms with Gasteiger partial charge in [0.2, 0.25) is 5.91 Å². The molecule has 0 bridgehead atoms. The predicted octanol–water partition coefficient (Wildman–Crippen LogP) is 2.48. The van der Waals surface area contributed by atoms with Crippen molar-refractivity contribution in [3.63, 3.8) is 0 Å². The minimum absolute atomic E-state index is 0.104. The van der Waals surface area contributed by atoms with Crippen LogP contribution >= 0.6 is 11.3 Å². The summed E-state index contributed by atoms with van der Waals surface area (Å²) < 4.78 is 0. The average Bonchev–Trinajstić information content (AvgIpc) is 3.03. The molecule has 0 spiro atoms. The first-order chi connectivity index (χ1) is 9.00. The molecule has 2 rings (SSSR count). The fraction of sp³-hybridized carbons (Fsp3) is 0.571. The molecule has 1 amide bonds. The molecule has 104 valence electrons. The smallest absolute Gasteiger partial charge is 0.303 e. The van der Waals surface area contributed by atoms with E-state index in [9.17, 15) is 9.59 Å². The lowest BCUT2D eigenvalue weighted by atomic mass is 10.2. The average molecular weight is 281 g/mol. The molecule has 2 atom stereocenters. The van der Waals surface area contributed by atoms with E-state index in [0.29, 0.717) is 18.9 Å². The van der Waals surface area contributed by atoms with Crippen molar-refractivity contribution in [3.8, 4) is 0 Å². The van der Waals surface area contributed by atoms with Crippen LogP contribution in [0.2, 0.25) is 0 Å². The maximum Gasteiger partial charge on any atom is 0.303 e. The topological polar surface area (TPSA) is 57.6 Å².